The molecule has 3 aromatic rings. The van der Waals surface area contributed by atoms with Crippen molar-refractivity contribution in [3.8, 4) is 0 Å². The predicted octanol–water partition coefficient (Wildman–Crippen LogP) is 6.09. The van der Waals surface area contributed by atoms with Crippen molar-refractivity contribution in [1.29, 1.82) is 0 Å². The average molecular weight is 448 g/mol. The van der Waals surface area contributed by atoms with E-state index in [-0.39, 0.29) is 11.9 Å². The molecule has 1 aliphatic rings. The van der Waals surface area contributed by atoms with Crippen molar-refractivity contribution < 1.29 is 14.3 Å². The molecule has 0 bridgehead atoms. The minimum absolute atomic E-state index is 0.175. The maximum absolute atomic E-state index is 13.3. The molecule has 1 aliphatic carbocycles. The number of hydrogen-bond acceptors (Lipinski definition) is 4. The minimum Gasteiger partial charge on any atom is -0.462 e. The second-order valence-corrected chi connectivity index (χ2v) is 9.48. The number of rotatable bonds is 7. The van der Waals surface area contributed by atoms with Crippen molar-refractivity contribution in [3.63, 3.8) is 0 Å². The molecule has 0 aliphatic heterocycles. The standard InChI is InChI=1S/C27H29NO3S/c1-3-31-27(30)24-22-16-13-18(2)17-23(22)32-26(24)28-25(29)21-12-8-7-11-20(21)15-14-19-9-5-4-6-10-19/h4-12,18H,3,13-17H2,1-2H3,(H,28,29)/t18-/m0/s1. The Morgan fingerprint density at radius 3 is 2.59 bits per heavy atom. The number of nitrogens with one attached hydrogen (secondary N) is 1. The van der Waals surface area contributed by atoms with Gasteiger partial charge in [0.15, 0.2) is 0 Å². The third-order valence-corrected chi connectivity index (χ3v) is 7.18. The van der Waals surface area contributed by atoms with E-state index in [9.17, 15) is 9.59 Å². The van der Waals surface area contributed by atoms with Crippen LogP contribution in [0.2, 0.25) is 0 Å². The Hall–Kier alpha value is -2.92. The number of aryl methyl sites for hydroxylation is 2. The van der Waals surface area contributed by atoms with E-state index in [0.717, 1.165) is 43.2 Å². The van der Waals surface area contributed by atoms with E-state index in [2.05, 4.69) is 24.4 Å². The zero-order valence-corrected chi connectivity index (χ0v) is 19.5. The van der Waals surface area contributed by atoms with Crippen LogP contribution in [0.4, 0.5) is 5.00 Å². The quantitative estimate of drug-likeness (QED) is 0.446. The molecule has 0 saturated heterocycles. The van der Waals surface area contributed by atoms with Gasteiger partial charge in [-0.15, -0.1) is 11.3 Å². The van der Waals surface area contributed by atoms with Crippen LogP contribution in [0, 0.1) is 5.92 Å². The van der Waals surface area contributed by atoms with Gasteiger partial charge in [-0.05, 0) is 67.7 Å². The first-order valence-corrected chi connectivity index (χ1v) is 12.1. The van der Waals surface area contributed by atoms with E-state index < -0.39 is 0 Å². The molecule has 1 N–H and O–H groups in total. The van der Waals surface area contributed by atoms with Crippen LogP contribution in [0.1, 0.15) is 62.6 Å². The van der Waals surface area contributed by atoms with Crippen LogP contribution < -0.4 is 5.32 Å². The number of anilines is 1. The molecule has 0 fully saturated rings. The molecular weight excluding hydrogens is 418 g/mol. The van der Waals surface area contributed by atoms with Gasteiger partial charge in [0, 0.05) is 10.4 Å². The fourth-order valence-corrected chi connectivity index (χ4v) is 5.71. The van der Waals surface area contributed by atoms with E-state index in [1.165, 1.54) is 21.8 Å². The number of carbonyl (C=O) groups is 2. The molecule has 166 valence electrons. The number of thiophene rings is 1. The molecule has 2 aromatic carbocycles. The molecule has 1 aromatic heterocycles. The highest BCUT2D eigenvalue weighted by molar-refractivity contribution is 7.17. The molecule has 0 spiro atoms. The molecule has 0 unspecified atom stereocenters. The van der Waals surface area contributed by atoms with Gasteiger partial charge < -0.3 is 10.1 Å². The maximum Gasteiger partial charge on any atom is 0.341 e. The number of ether oxygens (including phenoxy) is 1. The number of amides is 1. The van der Waals surface area contributed by atoms with Crippen LogP contribution in [-0.2, 0) is 30.4 Å². The molecule has 5 heteroatoms. The summed E-state index contributed by atoms with van der Waals surface area (Å²) in [5, 5.41) is 3.67. The Kier molecular flexibility index (Phi) is 7.05. The first-order valence-electron chi connectivity index (χ1n) is 11.3. The molecule has 0 saturated carbocycles. The van der Waals surface area contributed by atoms with Gasteiger partial charge in [-0.25, -0.2) is 4.79 Å². The first kappa shape index (κ1) is 22.3. The van der Waals surface area contributed by atoms with Gasteiger partial charge in [0.05, 0.1) is 12.2 Å². The average Bonchev–Trinajstić information content (AvgIpc) is 3.15. The van der Waals surface area contributed by atoms with E-state index in [0.29, 0.717) is 28.7 Å². The first-order chi connectivity index (χ1) is 15.6. The molecule has 32 heavy (non-hydrogen) atoms. The van der Waals surface area contributed by atoms with Crippen LogP contribution >= 0.6 is 11.3 Å². The van der Waals surface area contributed by atoms with E-state index in [4.69, 9.17) is 4.74 Å². The predicted molar refractivity (Wildman–Crippen MR) is 130 cm³/mol. The SMILES string of the molecule is CCOC(=O)c1c(NC(=O)c2ccccc2CCc2ccccc2)sc2c1CC[C@H](C)C2. The van der Waals surface area contributed by atoms with Crippen molar-refractivity contribution in [3.05, 3.63) is 87.3 Å². The third-order valence-electron chi connectivity index (χ3n) is 6.01. The lowest BCUT2D eigenvalue weighted by molar-refractivity contribution is 0.0526. The Morgan fingerprint density at radius 1 is 1.06 bits per heavy atom. The third kappa shape index (κ3) is 4.94. The van der Waals surface area contributed by atoms with Crippen molar-refractivity contribution in [2.24, 2.45) is 5.92 Å². The summed E-state index contributed by atoms with van der Waals surface area (Å²) in [6.07, 6.45) is 4.48. The Bertz CT molecular complexity index is 1100. The highest BCUT2D eigenvalue weighted by Crippen LogP contribution is 2.40. The molecule has 1 atom stereocenters. The monoisotopic (exact) mass is 447 g/mol. The van der Waals surface area contributed by atoms with E-state index in [1.807, 2.05) is 42.5 Å². The molecule has 0 radical (unpaired) electrons. The molecule has 1 heterocycles. The fourth-order valence-electron chi connectivity index (χ4n) is 4.31. The summed E-state index contributed by atoms with van der Waals surface area (Å²) in [6.45, 7) is 4.35. The van der Waals surface area contributed by atoms with Gasteiger partial charge in [-0.2, -0.15) is 0 Å². The summed E-state index contributed by atoms with van der Waals surface area (Å²) in [4.78, 5) is 27.3. The van der Waals surface area contributed by atoms with E-state index in [1.54, 1.807) is 6.92 Å². The molecule has 1 amide bonds. The van der Waals surface area contributed by atoms with Gasteiger partial charge in [0.25, 0.3) is 5.91 Å². The zero-order chi connectivity index (χ0) is 22.5. The molecule has 4 nitrogen and oxygen atoms in total. The lowest BCUT2D eigenvalue weighted by Gasteiger charge is -2.18. The lowest BCUT2D eigenvalue weighted by Crippen LogP contribution is -2.17. The van der Waals surface area contributed by atoms with Gasteiger partial charge >= 0.3 is 5.97 Å². The minimum atomic E-state index is -0.341. The van der Waals surface area contributed by atoms with Crippen LogP contribution in [-0.4, -0.2) is 18.5 Å². The van der Waals surface area contributed by atoms with Crippen LogP contribution in [0.3, 0.4) is 0 Å². The highest BCUT2D eigenvalue weighted by Gasteiger charge is 2.29. The summed E-state index contributed by atoms with van der Waals surface area (Å²) in [5.41, 5.74) is 4.50. The molecular formula is C27H29NO3S. The van der Waals surface area contributed by atoms with Gasteiger partial charge in [-0.3, -0.25) is 4.79 Å². The Morgan fingerprint density at radius 2 is 1.81 bits per heavy atom. The van der Waals surface area contributed by atoms with Crippen LogP contribution in [0.25, 0.3) is 0 Å². The number of esters is 1. The van der Waals surface area contributed by atoms with Crippen molar-refractivity contribution in [2.75, 3.05) is 11.9 Å². The Labute approximate surface area is 193 Å². The normalized spacial score (nSPS) is 15.1. The number of hydrogen-bond donors (Lipinski definition) is 1. The summed E-state index contributed by atoms with van der Waals surface area (Å²) >= 11 is 1.53. The summed E-state index contributed by atoms with van der Waals surface area (Å²) in [6, 6.07) is 18.0. The maximum atomic E-state index is 13.3. The fraction of sp³-hybridized carbons (Fsp3) is 0.333. The topological polar surface area (TPSA) is 55.4 Å². The van der Waals surface area contributed by atoms with Gasteiger partial charge in [0.2, 0.25) is 0 Å². The van der Waals surface area contributed by atoms with Crippen molar-refractivity contribution in [2.45, 2.75) is 46.0 Å². The number of fused-ring (bicyclic) bond motifs is 1. The van der Waals surface area contributed by atoms with Crippen molar-refractivity contribution in [1.82, 2.24) is 0 Å². The zero-order valence-electron chi connectivity index (χ0n) is 18.6. The number of carbonyl (C=O) groups excluding carboxylic acids is 2. The van der Waals surface area contributed by atoms with Crippen LogP contribution in [0.5, 0.6) is 0 Å². The van der Waals surface area contributed by atoms with Crippen molar-refractivity contribution >= 4 is 28.2 Å². The number of benzene rings is 2. The largest absolute Gasteiger partial charge is 0.462 e. The lowest BCUT2D eigenvalue weighted by atomic mass is 9.88. The smallest absolute Gasteiger partial charge is 0.341 e. The van der Waals surface area contributed by atoms with Gasteiger partial charge in [0.1, 0.15) is 5.00 Å². The van der Waals surface area contributed by atoms with Crippen LogP contribution in [0.15, 0.2) is 54.6 Å². The summed E-state index contributed by atoms with van der Waals surface area (Å²) < 4.78 is 5.33. The summed E-state index contributed by atoms with van der Waals surface area (Å²) in [5.74, 6) is 0.0662. The summed E-state index contributed by atoms with van der Waals surface area (Å²) in [7, 11) is 0. The van der Waals surface area contributed by atoms with Gasteiger partial charge in [-0.1, -0.05) is 55.5 Å². The van der Waals surface area contributed by atoms with E-state index >= 15 is 0 Å². The Balaban J connectivity index is 1.59. The molecule has 4 rings (SSSR count). The second-order valence-electron chi connectivity index (χ2n) is 8.37. The second kappa shape index (κ2) is 10.1. The highest BCUT2D eigenvalue weighted by atomic mass is 32.1.